The zero-order valence-electron chi connectivity index (χ0n) is 18.3. The van der Waals surface area contributed by atoms with Crippen molar-refractivity contribution in [2.75, 3.05) is 13.1 Å². The molecule has 0 aliphatic carbocycles. The first-order valence-corrected chi connectivity index (χ1v) is 13.7. The van der Waals surface area contributed by atoms with Gasteiger partial charge in [-0.3, -0.25) is 4.90 Å². The molecule has 0 radical (unpaired) electrons. The minimum absolute atomic E-state index is 0.340. The van der Waals surface area contributed by atoms with Crippen molar-refractivity contribution in [1.82, 2.24) is 4.90 Å². The second-order valence-corrected chi connectivity index (χ2v) is 10.5. The van der Waals surface area contributed by atoms with Crippen LogP contribution in [0, 0.1) is 0 Å². The average Bonchev–Trinajstić information content (AvgIpc) is 2.62. The Hall–Kier alpha value is 0.452. The molecule has 0 saturated carbocycles. The monoisotopic (exact) mass is 369 g/mol. The molecule has 2 nitrogen and oxygen atoms in total. The van der Waals surface area contributed by atoms with Gasteiger partial charge in [-0.1, -0.05) is 102 Å². The number of hydrogen-bond acceptors (Lipinski definition) is 2. The highest BCUT2D eigenvalue weighted by Gasteiger charge is 2.24. The van der Waals surface area contributed by atoms with E-state index in [1.807, 2.05) is 0 Å². The fourth-order valence-corrected chi connectivity index (χ4v) is 6.22. The average molecular weight is 370 g/mol. The zero-order valence-corrected chi connectivity index (χ0v) is 19.5. The molecular weight excluding hydrogens is 321 g/mol. The molecule has 0 spiro atoms. The molecule has 1 unspecified atom stereocenters. The molecular formula is C22H48AlNO. The number of hydrogen-bond donors (Lipinski definition) is 0. The second-order valence-electron chi connectivity index (χ2n) is 7.80. The molecule has 25 heavy (non-hydrogen) atoms. The van der Waals surface area contributed by atoms with Crippen LogP contribution in [-0.2, 0) is 3.79 Å². The first-order valence-electron chi connectivity index (χ1n) is 11.6. The minimum Gasteiger partial charge on any atom is -0.487 e. The quantitative estimate of drug-likeness (QED) is 0.134. The van der Waals surface area contributed by atoms with E-state index in [-0.39, 0.29) is 0 Å². The van der Waals surface area contributed by atoms with Crippen molar-refractivity contribution in [2.24, 2.45) is 0 Å². The van der Waals surface area contributed by atoms with E-state index in [2.05, 4.69) is 39.5 Å². The summed E-state index contributed by atoms with van der Waals surface area (Å²) in [5.41, 5.74) is 0. The van der Waals surface area contributed by atoms with Gasteiger partial charge in [0.25, 0.3) is 0 Å². The lowest BCUT2D eigenvalue weighted by Crippen LogP contribution is -2.40. The van der Waals surface area contributed by atoms with Gasteiger partial charge in [0.15, 0.2) is 0 Å². The molecule has 150 valence electrons. The summed E-state index contributed by atoms with van der Waals surface area (Å²) in [7, 11) is 0. The Morgan fingerprint density at radius 1 is 0.640 bits per heavy atom. The summed E-state index contributed by atoms with van der Waals surface area (Å²) in [5.74, 6) is 0. The summed E-state index contributed by atoms with van der Waals surface area (Å²) >= 11 is -1.04. The largest absolute Gasteiger partial charge is 0.487 e. The topological polar surface area (TPSA) is 12.5 Å². The maximum absolute atomic E-state index is 6.73. The zero-order chi connectivity index (χ0) is 18.8. The Labute approximate surface area is 164 Å². The Bertz CT molecular complexity index is 242. The van der Waals surface area contributed by atoms with Crippen LogP contribution in [0.3, 0.4) is 0 Å². The molecule has 0 rings (SSSR count). The third-order valence-electron chi connectivity index (χ3n) is 5.26. The molecule has 0 aliphatic heterocycles. The van der Waals surface area contributed by atoms with Gasteiger partial charge in [-0.25, -0.2) is 0 Å². The third kappa shape index (κ3) is 15.2. The van der Waals surface area contributed by atoms with E-state index >= 15 is 0 Å². The van der Waals surface area contributed by atoms with E-state index < -0.39 is 14.5 Å². The summed E-state index contributed by atoms with van der Waals surface area (Å²) in [6, 6.07) is 0. The highest BCUT2D eigenvalue weighted by molar-refractivity contribution is 6.51. The molecule has 0 N–H and O–H groups in total. The summed E-state index contributed by atoms with van der Waals surface area (Å²) in [6.07, 6.45) is 16.6. The van der Waals surface area contributed by atoms with Gasteiger partial charge >= 0.3 is 14.5 Å². The van der Waals surface area contributed by atoms with Gasteiger partial charge in [-0.15, -0.1) is 0 Å². The van der Waals surface area contributed by atoms with Crippen LogP contribution in [0.15, 0.2) is 0 Å². The Morgan fingerprint density at radius 2 is 1.08 bits per heavy atom. The smallest absolute Gasteiger partial charge is 0.461 e. The number of rotatable bonds is 19. The van der Waals surface area contributed by atoms with Gasteiger partial charge < -0.3 is 3.79 Å². The van der Waals surface area contributed by atoms with Crippen molar-refractivity contribution < 1.29 is 3.79 Å². The number of nitrogens with zero attached hydrogens (tertiary/aromatic N) is 1. The predicted molar refractivity (Wildman–Crippen MR) is 116 cm³/mol. The first-order chi connectivity index (χ1) is 12.2. The van der Waals surface area contributed by atoms with Crippen molar-refractivity contribution in [2.45, 2.75) is 128 Å². The molecule has 0 saturated heterocycles. The highest BCUT2D eigenvalue weighted by Crippen LogP contribution is 2.17. The van der Waals surface area contributed by atoms with Gasteiger partial charge in [0.2, 0.25) is 0 Å². The molecule has 0 amide bonds. The van der Waals surface area contributed by atoms with Crippen LogP contribution >= 0.6 is 0 Å². The molecule has 0 fully saturated rings. The highest BCUT2D eigenvalue weighted by atomic mass is 27.2. The fraction of sp³-hybridized carbons (Fsp3) is 1.00. The third-order valence-corrected chi connectivity index (χ3v) is 8.14. The number of unbranched alkanes of at least 4 members (excludes halogenated alkanes) is 8. The van der Waals surface area contributed by atoms with E-state index in [0.717, 1.165) is 0 Å². The Morgan fingerprint density at radius 3 is 1.48 bits per heavy atom. The van der Waals surface area contributed by atoms with Crippen LogP contribution < -0.4 is 0 Å². The summed E-state index contributed by atoms with van der Waals surface area (Å²) in [5, 5.41) is 2.79. The Balaban J connectivity index is 4.44. The maximum atomic E-state index is 6.73. The van der Waals surface area contributed by atoms with E-state index in [1.165, 1.54) is 101 Å². The molecule has 0 aromatic rings. The Kier molecular flexibility index (Phi) is 19.6. The van der Waals surface area contributed by atoms with Crippen LogP contribution in [0.4, 0.5) is 0 Å². The van der Waals surface area contributed by atoms with E-state index in [4.69, 9.17) is 3.79 Å². The molecule has 0 aromatic carbocycles. The summed E-state index contributed by atoms with van der Waals surface area (Å²) in [6.45, 7) is 13.9. The van der Waals surface area contributed by atoms with Gasteiger partial charge in [0.1, 0.15) is 0 Å². The summed E-state index contributed by atoms with van der Waals surface area (Å²) in [4.78, 5) is 2.62. The molecule has 3 heteroatoms. The van der Waals surface area contributed by atoms with Crippen LogP contribution in [0.1, 0.15) is 112 Å². The van der Waals surface area contributed by atoms with Crippen LogP contribution in [0.5, 0.6) is 0 Å². The van der Waals surface area contributed by atoms with Crippen LogP contribution in [0.25, 0.3) is 0 Å². The molecule has 0 heterocycles. The van der Waals surface area contributed by atoms with Crippen molar-refractivity contribution in [3.05, 3.63) is 0 Å². The predicted octanol–water partition coefficient (Wildman–Crippen LogP) is 7.40. The van der Waals surface area contributed by atoms with Gasteiger partial charge in [-0.2, -0.15) is 0 Å². The molecule has 0 aromatic heterocycles. The lowest BCUT2D eigenvalue weighted by Gasteiger charge is -2.32. The molecule has 0 bridgehead atoms. The van der Waals surface area contributed by atoms with Crippen molar-refractivity contribution in [3.8, 4) is 0 Å². The summed E-state index contributed by atoms with van der Waals surface area (Å²) < 4.78 is 6.73. The van der Waals surface area contributed by atoms with E-state index in [1.54, 1.807) is 0 Å². The van der Waals surface area contributed by atoms with Crippen molar-refractivity contribution in [1.29, 1.82) is 0 Å². The van der Waals surface area contributed by atoms with Crippen LogP contribution in [-0.4, -0.2) is 38.7 Å². The van der Waals surface area contributed by atoms with E-state index in [9.17, 15) is 0 Å². The van der Waals surface area contributed by atoms with E-state index in [0.29, 0.717) is 6.23 Å². The van der Waals surface area contributed by atoms with Crippen molar-refractivity contribution in [3.63, 3.8) is 0 Å². The first kappa shape index (κ1) is 25.5. The van der Waals surface area contributed by atoms with Gasteiger partial charge in [-0.05, 0) is 19.8 Å². The second kappa shape index (κ2) is 19.2. The normalized spacial score (nSPS) is 12.7. The molecule has 1 atom stereocenters. The molecule has 0 aliphatic rings. The van der Waals surface area contributed by atoms with Gasteiger partial charge in [0, 0.05) is 13.1 Å². The lowest BCUT2D eigenvalue weighted by atomic mass is 10.2. The maximum Gasteiger partial charge on any atom is 0.461 e. The van der Waals surface area contributed by atoms with Crippen molar-refractivity contribution >= 4 is 14.5 Å². The van der Waals surface area contributed by atoms with Gasteiger partial charge in [0.05, 0.1) is 6.23 Å². The lowest BCUT2D eigenvalue weighted by molar-refractivity contribution is 0.0343. The standard InChI is InChI=1S/C10H22NO.2C6H13.Al/c1-4-6-8-11(10(3)12)9-7-5-2;2*1-3-5-6-4-2;/h10H,4-9H2,1-3H3;2*1,3-6H2,2H3;/q-1;;;+1. The SMILES string of the molecule is CCCCC[CH2][Al]([CH2]CCCCC)[O]C(C)N(CCCC)CCCC. The fourth-order valence-electron chi connectivity index (χ4n) is 3.44. The minimum atomic E-state index is -1.04. The van der Waals surface area contributed by atoms with Crippen LogP contribution in [0.2, 0.25) is 10.6 Å².